The van der Waals surface area contributed by atoms with E-state index in [1.807, 2.05) is 0 Å². The smallest absolute Gasteiger partial charge is 0.302 e. The van der Waals surface area contributed by atoms with Crippen LogP contribution in [-0.2, 0) is 13.4 Å². The molecular weight excluding hydrogens is 270 g/mol. The molecule has 0 aliphatic heterocycles. The highest BCUT2D eigenvalue weighted by Gasteiger charge is 2.27. The number of hydrogen-bond donors (Lipinski definition) is 4. The van der Waals surface area contributed by atoms with Crippen LogP contribution in [0.5, 0.6) is 0 Å². The Morgan fingerprint density at radius 1 is 0.941 bits per heavy atom. The van der Waals surface area contributed by atoms with Gasteiger partial charge >= 0.3 is 15.6 Å². The molecule has 0 heterocycles. The molecule has 0 saturated carbocycles. The van der Waals surface area contributed by atoms with Gasteiger partial charge in [0.25, 0.3) is 0 Å². The van der Waals surface area contributed by atoms with Crippen LogP contribution in [0.4, 0.5) is 0 Å². The predicted octanol–water partition coefficient (Wildman–Crippen LogP) is 1.49. The maximum atomic E-state index is 9.63. The van der Waals surface area contributed by atoms with Crippen molar-refractivity contribution in [2.24, 2.45) is 0 Å². The van der Waals surface area contributed by atoms with Gasteiger partial charge in [-0.15, -0.1) is 0 Å². The zero-order chi connectivity index (χ0) is 13.7. The molecule has 0 unspecified atom stereocenters. The monoisotopic (exact) mass is 284 g/mol. The molecule has 0 aromatic heterocycles. The second kappa shape index (κ2) is 6.42. The lowest BCUT2D eigenvalue weighted by Gasteiger charge is -2.03. The first-order valence-electron chi connectivity index (χ1n) is 4.35. The zero-order valence-corrected chi connectivity index (χ0v) is 11.0. The third-order valence-corrected chi connectivity index (χ3v) is 3.09. The van der Waals surface area contributed by atoms with Gasteiger partial charge in [0.1, 0.15) is 0 Å². The predicted molar refractivity (Wildman–Crippen MR) is 61.1 cm³/mol. The van der Waals surface area contributed by atoms with Crippen LogP contribution < -0.4 is 0 Å². The number of aryl methyl sites for hydroxylation is 2. The van der Waals surface area contributed by atoms with Gasteiger partial charge in [0, 0.05) is 0 Å². The summed E-state index contributed by atoms with van der Waals surface area (Å²) in [5.74, 6) is 0. The molecule has 0 fully saturated rings. The van der Waals surface area contributed by atoms with Gasteiger partial charge in [-0.2, -0.15) is 4.31 Å². The summed E-state index contributed by atoms with van der Waals surface area (Å²) in [6, 6.07) is 8.45. The summed E-state index contributed by atoms with van der Waals surface area (Å²) in [4.78, 5) is 31.0. The molecule has 4 N–H and O–H groups in total. The number of hydrogen-bond acceptors (Lipinski definition) is 3. The van der Waals surface area contributed by atoms with Gasteiger partial charge in [-0.05, 0) is 13.8 Å². The van der Waals surface area contributed by atoms with E-state index in [0.29, 0.717) is 0 Å². The van der Waals surface area contributed by atoms with Crippen LogP contribution in [0.2, 0.25) is 0 Å². The molecular formula is C8H14O7P2. The molecule has 0 saturated heterocycles. The van der Waals surface area contributed by atoms with Crippen molar-refractivity contribution in [2.45, 2.75) is 13.8 Å². The summed E-state index contributed by atoms with van der Waals surface area (Å²) in [5.41, 5.74) is 2.68. The van der Waals surface area contributed by atoms with Crippen molar-refractivity contribution in [3.05, 3.63) is 35.4 Å². The Morgan fingerprint density at radius 2 is 1.29 bits per heavy atom. The summed E-state index contributed by atoms with van der Waals surface area (Å²) in [6.07, 6.45) is 0. The third kappa shape index (κ3) is 11.7. The molecule has 9 heteroatoms. The van der Waals surface area contributed by atoms with Gasteiger partial charge in [0.2, 0.25) is 0 Å². The highest BCUT2D eigenvalue weighted by molar-refractivity contribution is 7.60. The lowest BCUT2D eigenvalue weighted by molar-refractivity contribution is 0.225. The van der Waals surface area contributed by atoms with Crippen molar-refractivity contribution >= 4 is 15.6 Å². The summed E-state index contributed by atoms with van der Waals surface area (Å²) in [7, 11) is -10.1. The molecule has 98 valence electrons. The molecule has 0 bridgehead atoms. The average molecular weight is 284 g/mol. The van der Waals surface area contributed by atoms with Crippen LogP contribution in [0.1, 0.15) is 11.1 Å². The number of benzene rings is 1. The lowest BCUT2D eigenvalue weighted by Crippen LogP contribution is -1.84. The Balaban J connectivity index is 0.000000302. The van der Waals surface area contributed by atoms with E-state index >= 15 is 0 Å². The molecule has 0 spiro atoms. The van der Waals surface area contributed by atoms with E-state index in [1.165, 1.54) is 11.1 Å². The quantitative estimate of drug-likeness (QED) is 0.606. The lowest BCUT2D eigenvalue weighted by atomic mass is 10.2. The summed E-state index contributed by atoms with van der Waals surface area (Å²) >= 11 is 0. The summed E-state index contributed by atoms with van der Waals surface area (Å²) in [6.45, 7) is 4.21. The van der Waals surface area contributed by atoms with Crippen molar-refractivity contribution in [2.75, 3.05) is 0 Å². The molecule has 1 aromatic rings. The molecule has 17 heavy (non-hydrogen) atoms. The molecule has 1 rings (SSSR count). The van der Waals surface area contributed by atoms with Crippen molar-refractivity contribution in [1.82, 2.24) is 0 Å². The van der Waals surface area contributed by atoms with Gasteiger partial charge in [0.15, 0.2) is 0 Å². The molecule has 0 radical (unpaired) electrons. The largest absolute Gasteiger partial charge is 0.478 e. The Kier molecular flexibility index (Phi) is 6.23. The molecule has 0 atom stereocenters. The van der Waals surface area contributed by atoms with E-state index < -0.39 is 15.6 Å². The van der Waals surface area contributed by atoms with Gasteiger partial charge in [-0.25, -0.2) is 9.13 Å². The topological polar surface area (TPSA) is 124 Å². The standard InChI is InChI=1S/C8H10.H4O7P2/c1-7-4-3-5-8(2)6-7;1-8(2,3)7-9(4,5)6/h3-6H,1-2H3;(H2,1,2,3)(H2,4,5,6). The van der Waals surface area contributed by atoms with Crippen molar-refractivity contribution < 1.29 is 33.0 Å². The van der Waals surface area contributed by atoms with Gasteiger partial charge < -0.3 is 19.6 Å². The fourth-order valence-corrected chi connectivity index (χ4v) is 2.05. The normalized spacial score (nSPS) is 11.6. The minimum atomic E-state index is -5.05. The van der Waals surface area contributed by atoms with E-state index in [9.17, 15) is 9.13 Å². The Labute approximate surface area is 98.6 Å². The summed E-state index contributed by atoms with van der Waals surface area (Å²) in [5, 5.41) is 0. The Bertz CT molecular complexity index is 410. The van der Waals surface area contributed by atoms with Crippen LogP contribution in [0.3, 0.4) is 0 Å². The first-order chi connectivity index (χ1) is 7.49. The SMILES string of the molecule is Cc1cccc(C)c1.O=P(O)(O)OP(=O)(O)O. The summed E-state index contributed by atoms with van der Waals surface area (Å²) < 4.78 is 22.2. The van der Waals surface area contributed by atoms with Crippen LogP contribution in [0.25, 0.3) is 0 Å². The van der Waals surface area contributed by atoms with Crippen molar-refractivity contribution in [3.8, 4) is 0 Å². The Hall–Kier alpha value is -0.520. The number of rotatable bonds is 2. The van der Waals surface area contributed by atoms with E-state index in [1.54, 1.807) is 0 Å². The van der Waals surface area contributed by atoms with E-state index in [0.717, 1.165) is 0 Å². The van der Waals surface area contributed by atoms with E-state index in [-0.39, 0.29) is 0 Å². The van der Waals surface area contributed by atoms with Crippen molar-refractivity contribution in [1.29, 1.82) is 0 Å². The second-order valence-electron chi connectivity index (χ2n) is 3.22. The fraction of sp³-hybridized carbons (Fsp3) is 0.250. The minimum absolute atomic E-state index is 1.34. The van der Waals surface area contributed by atoms with Crippen LogP contribution >= 0.6 is 15.6 Å². The molecule has 1 aromatic carbocycles. The average Bonchev–Trinajstić information content (AvgIpc) is 1.96. The van der Waals surface area contributed by atoms with E-state index in [4.69, 9.17) is 19.6 Å². The fourth-order valence-electron chi connectivity index (χ4n) is 0.946. The molecule has 0 aliphatic carbocycles. The second-order valence-corrected chi connectivity index (χ2v) is 5.84. The number of phosphoric acid groups is 2. The van der Waals surface area contributed by atoms with Gasteiger partial charge in [0.05, 0.1) is 0 Å². The maximum Gasteiger partial charge on any atom is 0.478 e. The van der Waals surface area contributed by atoms with Crippen LogP contribution in [0.15, 0.2) is 24.3 Å². The van der Waals surface area contributed by atoms with Crippen molar-refractivity contribution in [3.63, 3.8) is 0 Å². The van der Waals surface area contributed by atoms with Crippen LogP contribution in [0, 0.1) is 13.8 Å². The Morgan fingerprint density at radius 3 is 1.41 bits per heavy atom. The first-order valence-corrected chi connectivity index (χ1v) is 7.41. The van der Waals surface area contributed by atoms with Gasteiger partial charge in [-0.1, -0.05) is 35.4 Å². The maximum absolute atomic E-state index is 9.63. The third-order valence-electron chi connectivity index (χ3n) is 1.39. The molecule has 0 aliphatic rings. The first kappa shape index (κ1) is 16.5. The zero-order valence-electron chi connectivity index (χ0n) is 9.22. The van der Waals surface area contributed by atoms with E-state index in [2.05, 4.69) is 42.4 Å². The molecule has 7 nitrogen and oxygen atoms in total. The van der Waals surface area contributed by atoms with Crippen LogP contribution in [-0.4, -0.2) is 19.6 Å². The van der Waals surface area contributed by atoms with Gasteiger partial charge in [-0.3, -0.25) is 0 Å². The highest BCUT2D eigenvalue weighted by Crippen LogP contribution is 2.53. The molecule has 0 amide bonds. The highest BCUT2D eigenvalue weighted by atomic mass is 31.3. The minimum Gasteiger partial charge on any atom is -0.302 e.